The highest BCUT2D eigenvalue weighted by Crippen LogP contribution is 2.32. The van der Waals surface area contributed by atoms with E-state index in [-0.39, 0.29) is 5.82 Å². The SMILES string of the molecule is CN(C)Cc1ccccc1Sc1ccccc1F. The van der Waals surface area contributed by atoms with E-state index in [1.807, 2.05) is 44.4 Å². The summed E-state index contributed by atoms with van der Waals surface area (Å²) in [4.78, 5) is 3.89. The molecule has 0 N–H and O–H groups in total. The first-order valence-electron chi connectivity index (χ1n) is 5.82. The smallest absolute Gasteiger partial charge is 0.137 e. The fraction of sp³-hybridized carbons (Fsp3) is 0.200. The Morgan fingerprint density at radius 2 is 1.56 bits per heavy atom. The van der Waals surface area contributed by atoms with Gasteiger partial charge in [0, 0.05) is 16.3 Å². The van der Waals surface area contributed by atoms with Gasteiger partial charge < -0.3 is 4.90 Å². The van der Waals surface area contributed by atoms with Crippen molar-refractivity contribution in [2.75, 3.05) is 14.1 Å². The van der Waals surface area contributed by atoms with Gasteiger partial charge in [0.25, 0.3) is 0 Å². The molecule has 0 spiro atoms. The van der Waals surface area contributed by atoms with Gasteiger partial charge in [-0.15, -0.1) is 0 Å². The summed E-state index contributed by atoms with van der Waals surface area (Å²) in [6.07, 6.45) is 0. The summed E-state index contributed by atoms with van der Waals surface area (Å²) >= 11 is 1.48. The molecule has 0 fully saturated rings. The molecule has 0 bridgehead atoms. The van der Waals surface area contributed by atoms with E-state index in [9.17, 15) is 4.39 Å². The Hall–Kier alpha value is -1.32. The molecule has 0 unspecified atom stereocenters. The number of benzene rings is 2. The Bertz CT molecular complexity index is 525. The van der Waals surface area contributed by atoms with Crippen molar-refractivity contribution < 1.29 is 4.39 Å². The second-order valence-electron chi connectivity index (χ2n) is 4.38. The molecule has 0 heterocycles. The fourth-order valence-electron chi connectivity index (χ4n) is 1.72. The number of rotatable bonds is 4. The van der Waals surface area contributed by atoms with Crippen molar-refractivity contribution in [1.82, 2.24) is 4.90 Å². The average molecular weight is 261 g/mol. The highest BCUT2D eigenvalue weighted by atomic mass is 32.2. The van der Waals surface area contributed by atoms with Crippen LogP contribution in [0.1, 0.15) is 5.56 Å². The van der Waals surface area contributed by atoms with Crippen molar-refractivity contribution in [2.45, 2.75) is 16.3 Å². The van der Waals surface area contributed by atoms with Crippen molar-refractivity contribution in [1.29, 1.82) is 0 Å². The van der Waals surface area contributed by atoms with Gasteiger partial charge in [-0.2, -0.15) is 0 Å². The van der Waals surface area contributed by atoms with Crippen molar-refractivity contribution in [3.05, 3.63) is 59.9 Å². The molecule has 0 aromatic heterocycles. The maximum Gasteiger partial charge on any atom is 0.137 e. The predicted molar refractivity (Wildman–Crippen MR) is 74.4 cm³/mol. The van der Waals surface area contributed by atoms with Gasteiger partial charge in [0.05, 0.1) is 0 Å². The molecular formula is C15H16FNS. The normalized spacial score (nSPS) is 10.9. The van der Waals surface area contributed by atoms with Crippen molar-refractivity contribution in [2.24, 2.45) is 0 Å². The maximum atomic E-state index is 13.6. The molecule has 3 heteroatoms. The molecule has 0 aliphatic rings. The lowest BCUT2D eigenvalue weighted by atomic mass is 10.2. The lowest BCUT2D eigenvalue weighted by Gasteiger charge is -2.13. The zero-order valence-corrected chi connectivity index (χ0v) is 11.4. The summed E-state index contributed by atoms with van der Waals surface area (Å²) in [7, 11) is 4.06. The van der Waals surface area contributed by atoms with E-state index in [1.54, 1.807) is 6.07 Å². The zero-order valence-electron chi connectivity index (χ0n) is 10.6. The van der Waals surface area contributed by atoms with Crippen LogP contribution >= 0.6 is 11.8 Å². The molecular weight excluding hydrogens is 245 g/mol. The summed E-state index contributed by atoms with van der Waals surface area (Å²) in [5.41, 5.74) is 1.22. The molecule has 0 aliphatic carbocycles. The van der Waals surface area contributed by atoms with Gasteiger partial charge in [-0.1, -0.05) is 42.1 Å². The molecule has 0 saturated heterocycles. The predicted octanol–water partition coefficient (Wildman–Crippen LogP) is 4.04. The fourth-order valence-corrected chi connectivity index (χ4v) is 2.68. The molecule has 0 atom stereocenters. The summed E-state index contributed by atoms with van der Waals surface area (Å²) in [5.74, 6) is -0.165. The first kappa shape index (κ1) is 13.1. The third kappa shape index (κ3) is 3.34. The van der Waals surface area contributed by atoms with Crippen LogP contribution in [-0.2, 0) is 6.54 Å². The first-order valence-corrected chi connectivity index (χ1v) is 6.63. The van der Waals surface area contributed by atoms with Crippen LogP contribution < -0.4 is 0 Å². The van der Waals surface area contributed by atoms with Gasteiger partial charge >= 0.3 is 0 Å². The largest absolute Gasteiger partial charge is 0.305 e. The van der Waals surface area contributed by atoms with E-state index in [1.165, 1.54) is 23.4 Å². The monoisotopic (exact) mass is 261 g/mol. The Morgan fingerprint density at radius 3 is 2.22 bits per heavy atom. The van der Waals surface area contributed by atoms with Crippen molar-refractivity contribution in [3.63, 3.8) is 0 Å². The molecule has 94 valence electrons. The Balaban J connectivity index is 2.26. The zero-order chi connectivity index (χ0) is 13.0. The Labute approximate surface area is 112 Å². The number of hydrogen-bond acceptors (Lipinski definition) is 2. The molecule has 0 aliphatic heterocycles. The van der Waals surface area contributed by atoms with E-state index < -0.39 is 0 Å². The van der Waals surface area contributed by atoms with Crippen molar-refractivity contribution >= 4 is 11.8 Å². The van der Waals surface area contributed by atoms with E-state index in [2.05, 4.69) is 11.0 Å². The quantitative estimate of drug-likeness (QED) is 0.817. The summed E-state index contributed by atoms with van der Waals surface area (Å²) < 4.78 is 13.6. The van der Waals surface area contributed by atoms with Gasteiger partial charge in [0.2, 0.25) is 0 Å². The van der Waals surface area contributed by atoms with Gasteiger partial charge in [0.1, 0.15) is 5.82 Å². The molecule has 2 rings (SSSR count). The minimum atomic E-state index is -0.165. The van der Waals surface area contributed by atoms with Gasteiger partial charge in [-0.3, -0.25) is 0 Å². The van der Waals surface area contributed by atoms with E-state index >= 15 is 0 Å². The Morgan fingerprint density at radius 1 is 0.944 bits per heavy atom. The molecule has 0 saturated carbocycles. The second-order valence-corrected chi connectivity index (χ2v) is 5.46. The number of nitrogens with zero attached hydrogens (tertiary/aromatic N) is 1. The topological polar surface area (TPSA) is 3.24 Å². The van der Waals surface area contributed by atoms with Crippen LogP contribution in [0.3, 0.4) is 0 Å². The lowest BCUT2D eigenvalue weighted by molar-refractivity contribution is 0.399. The highest BCUT2D eigenvalue weighted by Gasteiger charge is 2.07. The van der Waals surface area contributed by atoms with Crippen LogP contribution in [0.25, 0.3) is 0 Å². The van der Waals surface area contributed by atoms with Crippen LogP contribution in [0.2, 0.25) is 0 Å². The summed E-state index contributed by atoms with van der Waals surface area (Å²) in [6.45, 7) is 0.859. The molecule has 2 aromatic carbocycles. The molecule has 2 aromatic rings. The number of hydrogen-bond donors (Lipinski definition) is 0. The van der Waals surface area contributed by atoms with Crippen LogP contribution in [0, 0.1) is 5.82 Å². The van der Waals surface area contributed by atoms with Crippen LogP contribution in [-0.4, -0.2) is 19.0 Å². The van der Waals surface area contributed by atoms with Crippen LogP contribution in [0.15, 0.2) is 58.3 Å². The first-order chi connectivity index (χ1) is 8.66. The van der Waals surface area contributed by atoms with Gasteiger partial charge in [-0.05, 0) is 37.9 Å². The maximum absolute atomic E-state index is 13.6. The van der Waals surface area contributed by atoms with Gasteiger partial charge in [-0.25, -0.2) is 4.39 Å². The van der Waals surface area contributed by atoms with Gasteiger partial charge in [0.15, 0.2) is 0 Å². The molecule has 1 nitrogen and oxygen atoms in total. The minimum Gasteiger partial charge on any atom is -0.305 e. The van der Waals surface area contributed by atoms with E-state index in [4.69, 9.17) is 0 Å². The third-order valence-electron chi connectivity index (χ3n) is 2.52. The van der Waals surface area contributed by atoms with Crippen LogP contribution in [0.5, 0.6) is 0 Å². The van der Waals surface area contributed by atoms with E-state index in [0.29, 0.717) is 4.90 Å². The second kappa shape index (κ2) is 6.03. The Kier molecular flexibility index (Phi) is 4.39. The molecule has 0 amide bonds. The molecule has 0 radical (unpaired) electrons. The van der Waals surface area contributed by atoms with Crippen LogP contribution in [0.4, 0.5) is 4.39 Å². The van der Waals surface area contributed by atoms with E-state index in [0.717, 1.165) is 11.4 Å². The average Bonchev–Trinajstić information content (AvgIpc) is 2.34. The lowest BCUT2D eigenvalue weighted by Crippen LogP contribution is -2.11. The minimum absolute atomic E-state index is 0.165. The third-order valence-corrected chi connectivity index (χ3v) is 3.68. The highest BCUT2D eigenvalue weighted by molar-refractivity contribution is 7.99. The summed E-state index contributed by atoms with van der Waals surface area (Å²) in [5, 5.41) is 0. The standard InChI is InChI=1S/C15H16FNS/c1-17(2)11-12-7-3-5-9-14(12)18-15-10-6-4-8-13(15)16/h3-10H,11H2,1-2H3. The number of halogens is 1. The van der Waals surface area contributed by atoms with Crippen molar-refractivity contribution in [3.8, 4) is 0 Å². The molecule has 18 heavy (non-hydrogen) atoms. The summed E-state index contributed by atoms with van der Waals surface area (Å²) in [6, 6.07) is 15.0.